The van der Waals surface area contributed by atoms with Crippen molar-refractivity contribution in [3.05, 3.63) is 71.5 Å². The van der Waals surface area contributed by atoms with Gasteiger partial charge in [0.25, 0.3) is 0 Å². The van der Waals surface area contributed by atoms with Crippen LogP contribution in [-0.4, -0.2) is 66.0 Å². The maximum atomic E-state index is 13.0. The van der Waals surface area contributed by atoms with Gasteiger partial charge in [-0.05, 0) is 50.1 Å². The molecule has 0 atom stereocenters. The van der Waals surface area contributed by atoms with Gasteiger partial charge in [0, 0.05) is 26.2 Å². The molecule has 1 amide bonds. The zero-order valence-electron chi connectivity index (χ0n) is 20.6. The zero-order valence-corrected chi connectivity index (χ0v) is 21.4. The molecule has 8 nitrogen and oxygen atoms in total. The molecule has 4 rings (SSSR count). The SMILES string of the molecule is CCCc1ccc(S(=O)(=O)N2CCN(CC(=O)Nc3c(C)nn(-c4ccccc4)c3C)CC2)cc1. The highest BCUT2D eigenvalue weighted by Crippen LogP contribution is 2.23. The molecule has 1 aliphatic heterocycles. The number of hydrogen-bond acceptors (Lipinski definition) is 5. The number of piperazine rings is 1. The van der Waals surface area contributed by atoms with Crippen molar-refractivity contribution < 1.29 is 13.2 Å². The van der Waals surface area contributed by atoms with Gasteiger partial charge in [-0.3, -0.25) is 9.69 Å². The summed E-state index contributed by atoms with van der Waals surface area (Å²) in [5.74, 6) is -0.133. The topological polar surface area (TPSA) is 87.5 Å². The van der Waals surface area contributed by atoms with Crippen LogP contribution in [0.2, 0.25) is 0 Å². The van der Waals surface area contributed by atoms with E-state index in [9.17, 15) is 13.2 Å². The van der Waals surface area contributed by atoms with Gasteiger partial charge >= 0.3 is 0 Å². The molecule has 0 unspecified atom stereocenters. The Hall–Kier alpha value is -3.01. The highest BCUT2D eigenvalue weighted by Gasteiger charge is 2.29. The Morgan fingerprint density at radius 3 is 2.26 bits per heavy atom. The highest BCUT2D eigenvalue weighted by molar-refractivity contribution is 7.89. The van der Waals surface area contributed by atoms with Crippen LogP contribution in [-0.2, 0) is 21.2 Å². The van der Waals surface area contributed by atoms with E-state index < -0.39 is 10.0 Å². The summed E-state index contributed by atoms with van der Waals surface area (Å²) in [5, 5.41) is 7.58. The Labute approximate surface area is 207 Å². The molecule has 0 saturated carbocycles. The first-order valence-corrected chi connectivity index (χ1v) is 13.5. The summed E-state index contributed by atoms with van der Waals surface area (Å²) in [6.45, 7) is 7.83. The van der Waals surface area contributed by atoms with E-state index in [0.29, 0.717) is 36.8 Å². The first-order chi connectivity index (χ1) is 16.8. The van der Waals surface area contributed by atoms with E-state index in [1.165, 1.54) is 4.31 Å². The average Bonchev–Trinajstić information content (AvgIpc) is 3.14. The van der Waals surface area contributed by atoms with Gasteiger partial charge in [-0.15, -0.1) is 0 Å². The molecule has 0 bridgehead atoms. The number of aryl methyl sites for hydroxylation is 2. The van der Waals surface area contributed by atoms with Crippen molar-refractivity contribution in [3.8, 4) is 5.69 Å². The lowest BCUT2D eigenvalue weighted by Crippen LogP contribution is -2.50. The van der Waals surface area contributed by atoms with Crippen molar-refractivity contribution in [2.24, 2.45) is 0 Å². The van der Waals surface area contributed by atoms with Crippen LogP contribution in [0.5, 0.6) is 0 Å². The largest absolute Gasteiger partial charge is 0.322 e. The summed E-state index contributed by atoms with van der Waals surface area (Å²) in [6.07, 6.45) is 1.96. The Kier molecular flexibility index (Phi) is 7.69. The fourth-order valence-corrected chi connectivity index (χ4v) is 5.84. The minimum Gasteiger partial charge on any atom is -0.322 e. The molecule has 35 heavy (non-hydrogen) atoms. The lowest BCUT2D eigenvalue weighted by molar-refractivity contribution is -0.117. The molecule has 2 heterocycles. The molecule has 0 radical (unpaired) electrons. The van der Waals surface area contributed by atoms with E-state index in [2.05, 4.69) is 17.3 Å². The summed E-state index contributed by atoms with van der Waals surface area (Å²) in [7, 11) is -3.53. The molecule has 1 aliphatic rings. The predicted octanol–water partition coefficient (Wildman–Crippen LogP) is 3.39. The maximum Gasteiger partial charge on any atom is 0.243 e. The van der Waals surface area contributed by atoms with Crippen molar-refractivity contribution in [1.29, 1.82) is 0 Å². The number of para-hydroxylation sites is 1. The molecular weight excluding hydrogens is 462 g/mol. The third kappa shape index (κ3) is 5.63. The number of carbonyl (C=O) groups excluding carboxylic acids is 1. The van der Waals surface area contributed by atoms with E-state index in [-0.39, 0.29) is 12.5 Å². The van der Waals surface area contributed by atoms with Crippen molar-refractivity contribution >= 4 is 21.6 Å². The second-order valence-corrected chi connectivity index (χ2v) is 10.9. The Morgan fingerprint density at radius 1 is 0.971 bits per heavy atom. The van der Waals surface area contributed by atoms with Crippen LogP contribution < -0.4 is 5.32 Å². The molecule has 0 spiro atoms. The number of amides is 1. The summed E-state index contributed by atoms with van der Waals surface area (Å²) >= 11 is 0. The van der Waals surface area contributed by atoms with Gasteiger partial charge in [0.05, 0.1) is 34.2 Å². The monoisotopic (exact) mass is 495 g/mol. The minimum atomic E-state index is -3.53. The summed E-state index contributed by atoms with van der Waals surface area (Å²) in [4.78, 5) is 15.1. The van der Waals surface area contributed by atoms with Crippen molar-refractivity contribution in [3.63, 3.8) is 0 Å². The van der Waals surface area contributed by atoms with Crippen LogP contribution in [0.4, 0.5) is 5.69 Å². The van der Waals surface area contributed by atoms with Crippen molar-refractivity contribution in [2.75, 3.05) is 38.0 Å². The summed E-state index contributed by atoms with van der Waals surface area (Å²) in [5.41, 5.74) is 4.41. The van der Waals surface area contributed by atoms with E-state index in [1.807, 2.05) is 65.9 Å². The van der Waals surface area contributed by atoms with Crippen molar-refractivity contribution in [2.45, 2.75) is 38.5 Å². The van der Waals surface area contributed by atoms with E-state index in [1.54, 1.807) is 12.1 Å². The normalized spacial score (nSPS) is 15.3. The number of anilines is 1. The lowest BCUT2D eigenvalue weighted by atomic mass is 10.1. The summed E-state index contributed by atoms with van der Waals surface area (Å²) in [6, 6.07) is 17.0. The Bertz CT molecular complexity index is 1260. The van der Waals surface area contributed by atoms with E-state index >= 15 is 0 Å². The second-order valence-electron chi connectivity index (χ2n) is 8.92. The number of sulfonamides is 1. The van der Waals surface area contributed by atoms with Gasteiger partial charge < -0.3 is 5.32 Å². The molecule has 1 fully saturated rings. The maximum absolute atomic E-state index is 13.0. The van der Waals surface area contributed by atoms with Gasteiger partial charge in [0.15, 0.2) is 0 Å². The third-order valence-corrected chi connectivity index (χ3v) is 8.27. The number of nitrogens with zero attached hydrogens (tertiary/aromatic N) is 4. The number of hydrogen-bond donors (Lipinski definition) is 1. The highest BCUT2D eigenvalue weighted by atomic mass is 32.2. The van der Waals surface area contributed by atoms with Gasteiger partial charge in [-0.2, -0.15) is 9.40 Å². The average molecular weight is 496 g/mol. The van der Waals surface area contributed by atoms with Gasteiger partial charge in [0.2, 0.25) is 15.9 Å². The third-order valence-electron chi connectivity index (χ3n) is 6.35. The Balaban J connectivity index is 1.34. The number of aromatic nitrogens is 2. The molecule has 0 aliphatic carbocycles. The fourth-order valence-electron chi connectivity index (χ4n) is 4.42. The quantitative estimate of drug-likeness (QED) is 0.518. The van der Waals surface area contributed by atoms with Crippen LogP contribution >= 0.6 is 0 Å². The number of carbonyl (C=O) groups is 1. The van der Waals surface area contributed by atoms with Gasteiger partial charge in [-0.25, -0.2) is 13.1 Å². The van der Waals surface area contributed by atoms with Crippen LogP contribution in [0.1, 0.15) is 30.3 Å². The predicted molar refractivity (Wildman–Crippen MR) is 137 cm³/mol. The van der Waals surface area contributed by atoms with Crippen molar-refractivity contribution in [1.82, 2.24) is 19.0 Å². The van der Waals surface area contributed by atoms with E-state index in [4.69, 9.17) is 0 Å². The van der Waals surface area contributed by atoms with Crippen LogP contribution in [0.15, 0.2) is 59.5 Å². The summed E-state index contributed by atoms with van der Waals surface area (Å²) < 4.78 is 29.4. The molecule has 1 aromatic heterocycles. The smallest absolute Gasteiger partial charge is 0.243 e. The van der Waals surface area contributed by atoms with Gasteiger partial charge in [-0.1, -0.05) is 43.7 Å². The molecule has 2 aromatic carbocycles. The molecule has 3 aromatic rings. The zero-order chi connectivity index (χ0) is 25.0. The molecule has 1 N–H and O–H groups in total. The van der Waals surface area contributed by atoms with Crippen LogP contribution in [0.25, 0.3) is 5.69 Å². The minimum absolute atomic E-state index is 0.133. The molecule has 1 saturated heterocycles. The Morgan fingerprint density at radius 2 is 1.63 bits per heavy atom. The lowest BCUT2D eigenvalue weighted by Gasteiger charge is -2.33. The molecular formula is C26H33N5O3S. The van der Waals surface area contributed by atoms with Crippen LogP contribution in [0, 0.1) is 13.8 Å². The van der Waals surface area contributed by atoms with Gasteiger partial charge in [0.1, 0.15) is 0 Å². The first-order valence-electron chi connectivity index (χ1n) is 12.0. The number of benzene rings is 2. The van der Waals surface area contributed by atoms with Crippen LogP contribution in [0.3, 0.4) is 0 Å². The fraction of sp³-hybridized carbons (Fsp3) is 0.385. The first kappa shape index (κ1) is 25.1. The van der Waals surface area contributed by atoms with E-state index in [0.717, 1.165) is 35.5 Å². The second kappa shape index (κ2) is 10.7. The molecule has 9 heteroatoms. The standard InChI is InChI=1S/C26H33N5O3S/c1-4-8-22-11-13-24(14-12-22)35(33,34)30-17-15-29(16-18-30)19-25(32)27-26-20(2)28-31(21(26)3)23-9-6-5-7-10-23/h5-7,9-14H,4,8,15-19H2,1-3H3,(H,27,32). The molecule has 186 valence electrons. The number of rotatable bonds is 8. The number of nitrogens with one attached hydrogen (secondary N) is 1.